The van der Waals surface area contributed by atoms with Gasteiger partial charge in [-0.2, -0.15) is 0 Å². The van der Waals surface area contributed by atoms with E-state index in [0.29, 0.717) is 5.75 Å². The topological polar surface area (TPSA) is 32.3 Å². The van der Waals surface area contributed by atoms with Gasteiger partial charge in [0.2, 0.25) is 0 Å². The Morgan fingerprint density at radius 2 is 1.72 bits per heavy atom. The normalized spacial score (nSPS) is 10.4. The van der Waals surface area contributed by atoms with Crippen LogP contribution in [0.5, 0.6) is 5.75 Å². The van der Waals surface area contributed by atoms with Gasteiger partial charge in [0.25, 0.3) is 0 Å². The molecule has 94 valence electrons. The molecule has 0 atom stereocenters. The van der Waals surface area contributed by atoms with Crippen molar-refractivity contribution in [2.45, 2.75) is 20.4 Å². The zero-order chi connectivity index (χ0) is 13.1. The van der Waals surface area contributed by atoms with Crippen molar-refractivity contribution in [3.05, 3.63) is 56.7 Å². The summed E-state index contributed by atoms with van der Waals surface area (Å²) < 4.78 is 1.21. The first-order chi connectivity index (χ1) is 8.58. The predicted molar refractivity (Wildman–Crippen MR) is 84.1 cm³/mol. The van der Waals surface area contributed by atoms with Crippen LogP contribution in [0.25, 0.3) is 0 Å². The number of hydrogen-bond donors (Lipinski definition) is 2. The van der Waals surface area contributed by atoms with E-state index in [2.05, 4.69) is 40.0 Å². The molecule has 0 aliphatic carbocycles. The maximum absolute atomic E-state index is 9.74. The second kappa shape index (κ2) is 5.61. The lowest BCUT2D eigenvalue weighted by atomic mass is 10.1. The number of anilines is 1. The minimum Gasteiger partial charge on any atom is -0.507 e. The molecule has 0 amide bonds. The van der Waals surface area contributed by atoms with E-state index in [1.54, 1.807) is 0 Å². The molecular weight excluding hydrogens is 337 g/mol. The molecule has 2 aromatic carbocycles. The van der Waals surface area contributed by atoms with Crippen molar-refractivity contribution in [2.75, 3.05) is 5.32 Å². The number of para-hydroxylation sites is 1. The van der Waals surface area contributed by atoms with Crippen LogP contribution in [-0.4, -0.2) is 5.11 Å². The van der Waals surface area contributed by atoms with Gasteiger partial charge >= 0.3 is 0 Å². The van der Waals surface area contributed by atoms with Crippen LogP contribution in [0.15, 0.2) is 36.4 Å². The monoisotopic (exact) mass is 353 g/mol. The number of hydrogen-bond acceptors (Lipinski definition) is 2. The van der Waals surface area contributed by atoms with Crippen molar-refractivity contribution < 1.29 is 5.11 Å². The minimum atomic E-state index is 0.396. The van der Waals surface area contributed by atoms with Crippen LogP contribution in [0.4, 0.5) is 5.69 Å². The summed E-state index contributed by atoms with van der Waals surface area (Å²) in [6.07, 6.45) is 0. The van der Waals surface area contributed by atoms with Crippen molar-refractivity contribution in [2.24, 2.45) is 0 Å². The average Bonchev–Trinajstić information content (AvgIpc) is 2.35. The maximum Gasteiger partial charge on any atom is 0.121 e. The van der Waals surface area contributed by atoms with Crippen LogP contribution < -0.4 is 5.32 Å². The Hall–Kier alpha value is -1.23. The van der Waals surface area contributed by atoms with E-state index in [4.69, 9.17) is 0 Å². The van der Waals surface area contributed by atoms with Crippen molar-refractivity contribution in [3.8, 4) is 5.75 Å². The molecule has 18 heavy (non-hydrogen) atoms. The molecule has 0 heterocycles. The lowest BCUT2D eigenvalue weighted by Crippen LogP contribution is -2.01. The first-order valence-corrected chi connectivity index (χ1v) is 6.93. The van der Waals surface area contributed by atoms with Gasteiger partial charge in [0, 0.05) is 15.8 Å². The van der Waals surface area contributed by atoms with Crippen LogP contribution in [0, 0.1) is 17.4 Å². The third-order valence-corrected chi connectivity index (χ3v) is 3.85. The zero-order valence-corrected chi connectivity index (χ0v) is 12.7. The van der Waals surface area contributed by atoms with E-state index >= 15 is 0 Å². The number of aryl methyl sites for hydroxylation is 2. The van der Waals surface area contributed by atoms with Crippen molar-refractivity contribution in [3.63, 3.8) is 0 Å². The molecule has 2 nitrogen and oxygen atoms in total. The molecule has 0 fully saturated rings. The summed E-state index contributed by atoms with van der Waals surface area (Å²) in [5.74, 6) is 0.396. The molecule has 0 radical (unpaired) electrons. The standard InChI is InChI=1S/C15H16INO/c1-10-7-12(8-11(2)15(10)18)9-17-14-6-4-3-5-13(14)16/h3-8,17-18H,9H2,1-2H3. The summed E-state index contributed by atoms with van der Waals surface area (Å²) in [6, 6.07) is 12.2. The highest BCUT2D eigenvalue weighted by atomic mass is 127. The average molecular weight is 353 g/mol. The fraction of sp³-hybridized carbons (Fsp3) is 0.200. The van der Waals surface area contributed by atoms with Crippen LogP contribution in [0.3, 0.4) is 0 Å². The molecule has 2 N–H and O–H groups in total. The molecule has 0 spiro atoms. The van der Waals surface area contributed by atoms with Gasteiger partial charge < -0.3 is 10.4 Å². The van der Waals surface area contributed by atoms with Gasteiger partial charge in [-0.15, -0.1) is 0 Å². The summed E-state index contributed by atoms with van der Waals surface area (Å²) in [4.78, 5) is 0. The lowest BCUT2D eigenvalue weighted by molar-refractivity contribution is 0.466. The van der Waals surface area contributed by atoms with Crippen molar-refractivity contribution >= 4 is 28.3 Å². The second-order valence-electron chi connectivity index (χ2n) is 4.41. The largest absolute Gasteiger partial charge is 0.507 e. The third-order valence-electron chi connectivity index (χ3n) is 2.91. The molecule has 0 unspecified atom stereocenters. The highest BCUT2D eigenvalue weighted by Crippen LogP contribution is 2.24. The Kier molecular flexibility index (Phi) is 4.11. The van der Waals surface area contributed by atoms with E-state index in [9.17, 15) is 5.11 Å². The van der Waals surface area contributed by atoms with Gasteiger partial charge in [0.15, 0.2) is 0 Å². The smallest absolute Gasteiger partial charge is 0.121 e. The van der Waals surface area contributed by atoms with Crippen LogP contribution in [0.2, 0.25) is 0 Å². The number of benzene rings is 2. The van der Waals surface area contributed by atoms with Crippen LogP contribution in [0.1, 0.15) is 16.7 Å². The van der Waals surface area contributed by atoms with Gasteiger partial charge in [-0.3, -0.25) is 0 Å². The van der Waals surface area contributed by atoms with Crippen LogP contribution in [-0.2, 0) is 6.54 Å². The van der Waals surface area contributed by atoms with Gasteiger partial charge in [-0.1, -0.05) is 24.3 Å². The molecule has 0 aliphatic rings. The summed E-state index contributed by atoms with van der Waals surface area (Å²) in [6.45, 7) is 4.62. The molecule has 0 bridgehead atoms. The molecule has 3 heteroatoms. The Morgan fingerprint density at radius 3 is 2.33 bits per heavy atom. The number of phenols is 1. The minimum absolute atomic E-state index is 0.396. The molecule has 0 saturated heterocycles. The molecule has 0 saturated carbocycles. The van der Waals surface area contributed by atoms with Crippen molar-refractivity contribution in [1.29, 1.82) is 0 Å². The fourth-order valence-corrected chi connectivity index (χ4v) is 2.53. The highest BCUT2D eigenvalue weighted by Gasteiger charge is 2.04. The predicted octanol–water partition coefficient (Wildman–Crippen LogP) is 4.23. The summed E-state index contributed by atoms with van der Waals surface area (Å²) in [7, 11) is 0. The van der Waals surface area contributed by atoms with E-state index in [-0.39, 0.29) is 0 Å². The SMILES string of the molecule is Cc1cc(CNc2ccccc2I)cc(C)c1O. The molecular formula is C15H16INO. The first-order valence-electron chi connectivity index (χ1n) is 5.85. The number of nitrogens with one attached hydrogen (secondary N) is 1. The first kappa shape index (κ1) is 13.2. The number of rotatable bonds is 3. The van der Waals surface area contributed by atoms with Crippen molar-refractivity contribution in [1.82, 2.24) is 0 Å². The Bertz CT molecular complexity index is 543. The van der Waals surface area contributed by atoms with Gasteiger partial charge in [0.05, 0.1) is 0 Å². The fourth-order valence-electron chi connectivity index (χ4n) is 1.95. The maximum atomic E-state index is 9.74. The highest BCUT2D eigenvalue weighted by molar-refractivity contribution is 14.1. The number of aromatic hydroxyl groups is 1. The quantitative estimate of drug-likeness (QED) is 0.810. The number of halogens is 1. The van der Waals surface area contributed by atoms with E-state index in [1.165, 1.54) is 9.13 Å². The summed E-state index contributed by atoms with van der Waals surface area (Å²) >= 11 is 2.32. The Morgan fingerprint density at radius 1 is 1.11 bits per heavy atom. The Labute approximate surface area is 121 Å². The van der Waals surface area contributed by atoms with E-state index in [0.717, 1.165) is 23.4 Å². The van der Waals surface area contributed by atoms with Gasteiger partial charge in [-0.05, 0) is 65.3 Å². The second-order valence-corrected chi connectivity index (χ2v) is 5.57. The molecule has 0 aliphatic heterocycles. The van der Waals surface area contributed by atoms with Crippen LogP contribution >= 0.6 is 22.6 Å². The summed E-state index contributed by atoms with van der Waals surface area (Å²) in [5.41, 5.74) is 4.17. The third kappa shape index (κ3) is 2.96. The zero-order valence-electron chi connectivity index (χ0n) is 10.5. The molecule has 2 aromatic rings. The van der Waals surface area contributed by atoms with Gasteiger partial charge in [0.1, 0.15) is 5.75 Å². The lowest BCUT2D eigenvalue weighted by Gasteiger charge is -2.11. The molecule has 0 aromatic heterocycles. The van der Waals surface area contributed by atoms with Gasteiger partial charge in [-0.25, -0.2) is 0 Å². The van der Waals surface area contributed by atoms with E-state index in [1.807, 2.05) is 38.1 Å². The summed E-state index contributed by atoms with van der Waals surface area (Å²) in [5, 5.41) is 13.2. The number of phenolic OH excluding ortho intramolecular Hbond substituents is 1. The Balaban J connectivity index is 2.14. The molecule has 2 rings (SSSR count). The van der Waals surface area contributed by atoms with E-state index < -0.39 is 0 Å².